The van der Waals surface area contributed by atoms with E-state index >= 15 is 0 Å². The van der Waals surface area contributed by atoms with E-state index in [-0.39, 0.29) is 30.1 Å². The highest BCUT2D eigenvalue weighted by Gasteiger charge is 2.36. The summed E-state index contributed by atoms with van der Waals surface area (Å²) in [6.45, 7) is 2.24. The fourth-order valence-electron chi connectivity index (χ4n) is 2.48. The van der Waals surface area contributed by atoms with Crippen LogP contribution >= 0.6 is 0 Å². The smallest absolute Gasteiger partial charge is 0.260 e. The zero-order valence-corrected chi connectivity index (χ0v) is 13.7. The quantitative estimate of drug-likeness (QED) is 0.901. The molecule has 1 aromatic heterocycles. The molecule has 2 aromatic rings. The molecule has 2 heterocycles. The first-order chi connectivity index (χ1) is 12.0. The molecule has 1 aromatic carbocycles. The van der Waals surface area contributed by atoms with Crippen molar-refractivity contribution in [3.8, 4) is 5.75 Å². The number of pyridine rings is 1. The summed E-state index contributed by atoms with van der Waals surface area (Å²) in [5, 5.41) is 2.77. The fourth-order valence-corrected chi connectivity index (χ4v) is 2.48. The van der Waals surface area contributed by atoms with Crippen LogP contribution in [0.2, 0.25) is 0 Å². The Kier molecular flexibility index (Phi) is 4.92. The maximum Gasteiger partial charge on any atom is 0.260 e. The Morgan fingerprint density at radius 1 is 1.28 bits per heavy atom. The Labute approximate surface area is 144 Å². The van der Waals surface area contributed by atoms with Gasteiger partial charge in [-0.3, -0.25) is 9.59 Å². The molecule has 6 nitrogen and oxygen atoms in total. The van der Waals surface area contributed by atoms with E-state index in [4.69, 9.17) is 4.74 Å². The van der Waals surface area contributed by atoms with Gasteiger partial charge in [0.15, 0.2) is 18.2 Å². The van der Waals surface area contributed by atoms with Crippen LogP contribution < -0.4 is 10.1 Å². The third-order valence-corrected chi connectivity index (χ3v) is 4.04. The van der Waals surface area contributed by atoms with Crippen LogP contribution in [0.4, 0.5) is 10.2 Å². The zero-order chi connectivity index (χ0) is 17.8. The van der Waals surface area contributed by atoms with E-state index in [0.29, 0.717) is 18.9 Å². The van der Waals surface area contributed by atoms with Gasteiger partial charge in [0, 0.05) is 19.3 Å². The maximum atomic E-state index is 13.4. The van der Waals surface area contributed by atoms with E-state index in [1.54, 1.807) is 24.4 Å². The Hall–Kier alpha value is -2.96. The first-order valence-corrected chi connectivity index (χ1v) is 7.92. The monoisotopic (exact) mass is 343 g/mol. The van der Waals surface area contributed by atoms with Gasteiger partial charge in [0.2, 0.25) is 5.91 Å². The van der Waals surface area contributed by atoms with Crippen molar-refractivity contribution in [1.29, 1.82) is 0 Å². The summed E-state index contributed by atoms with van der Waals surface area (Å²) in [5.41, 5.74) is 0.876. The van der Waals surface area contributed by atoms with Gasteiger partial charge in [-0.2, -0.15) is 0 Å². The van der Waals surface area contributed by atoms with Crippen LogP contribution in [0.5, 0.6) is 5.75 Å². The normalized spacial score (nSPS) is 13.9. The first-order valence-electron chi connectivity index (χ1n) is 7.92. The third kappa shape index (κ3) is 3.93. The second-order valence-corrected chi connectivity index (χ2v) is 5.87. The molecule has 0 radical (unpaired) electrons. The van der Waals surface area contributed by atoms with Gasteiger partial charge in [0.25, 0.3) is 5.91 Å². The van der Waals surface area contributed by atoms with Crippen LogP contribution in [0.25, 0.3) is 0 Å². The van der Waals surface area contributed by atoms with Crippen molar-refractivity contribution in [2.75, 3.05) is 25.0 Å². The maximum absolute atomic E-state index is 13.4. The summed E-state index contributed by atoms with van der Waals surface area (Å²) in [7, 11) is 0. The number of rotatable bonds is 5. The minimum atomic E-state index is -0.512. The Morgan fingerprint density at radius 3 is 2.76 bits per heavy atom. The van der Waals surface area contributed by atoms with Gasteiger partial charge in [-0.25, -0.2) is 9.37 Å². The van der Waals surface area contributed by atoms with E-state index in [1.807, 2.05) is 13.0 Å². The van der Waals surface area contributed by atoms with Crippen LogP contribution in [0.15, 0.2) is 42.6 Å². The molecule has 0 saturated carbocycles. The molecule has 1 aliphatic heterocycles. The van der Waals surface area contributed by atoms with E-state index in [2.05, 4.69) is 10.3 Å². The highest BCUT2D eigenvalue weighted by atomic mass is 19.1. The van der Waals surface area contributed by atoms with Crippen LogP contribution in [0.3, 0.4) is 0 Å². The van der Waals surface area contributed by atoms with Crippen molar-refractivity contribution in [3.63, 3.8) is 0 Å². The average molecular weight is 343 g/mol. The van der Waals surface area contributed by atoms with Gasteiger partial charge in [0.1, 0.15) is 5.82 Å². The molecule has 7 heteroatoms. The summed E-state index contributed by atoms with van der Waals surface area (Å²) in [5.74, 6) is -0.667. The molecule has 2 amide bonds. The van der Waals surface area contributed by atoms with E-state index in [1.165, 1.54) is 17.0 Å². The Bertz CT molecular complexity index is 791. The molecule has 25 heavy (non-hydrogen) atoms. The lowest BCUT2D eigenvalue weighted by molar-refractivity contribution is -0.143. The summed E-state index contributed by atoms with van der Waals surface area (Å²) < 4.78 is 18.6. The van der Waals surface area contributed by atoms with E-state index < -0.39 is 5.82 Å². The summed E-state index contributed by atoms with van der Waals surface area (Å²) in [6.07, 6.45) is 1.61. The Morgan fingerprint density at radius 2 is 2.04 bits per heavy atom. The second-order valence-electron chi connectivity index (χ2n) is 5.87. The van der Waals surface area contributed by atoms with Crippen molar-refractivity contribution in [3.05, 3.63) is 54.0 Å². The van der Waals surface area contributed by atoms with Crippen molar-refractivity contribution in [2.45, 2.75) is 6.92 Å². The number of carbonyl (C=O) groups is 2. The molecule has 0 bridgehead atoms. The number of carbonyl (C=O) groups excluding carboxylic acids is 2. The number of nitrogens with one attached hydrogen (secondary N) is 1. The molecule has 0 aliphatic carbocycles. The largest absolute Gasteiger partial charge is 0.481 e. The summed E-state index contributed by atoms with van der Waals surface area (Å²) in [6, 6.07) is 9.57. The van der Waals surface area contributed by atoms with Gasteiger partial charge in [-0.15, -0.1) is 0 Å². The zero-order valence-electron chi connectivity index (χ0n) is 13.7. The number of aryl methyl sites for hydroxylation is 1. The number of anilines is 1. The van der Waals surface area contributed by atoms with Crippen LogP contribution in [0.1, 0.15) is 5.56 Å². The second kappa shape index (κ2) is 7.29. The number of nitrogens with zero attached hydrogens (tertiary/aromatic N) is 2. The summed E-state index contributed by atoms with van der Waals surface area (Å²) >= 11 is 0. The van der Waals surface area contributed by atoms with Crippen molar-refractivity contribution in [1.82, 2.24) is 9.88 Å². The van der Waals surface area contributed by atoms with Gasteiger partial charge in [-0.1, -0.05) is 18.2 Å². The highest BCUT2D eigenvalue weighted by Crippen LogP contribution is 2.20. The fraction of sp³-hybridized carbons (Fsp3) is 0.278. The number of likely N-dealkylation sites (tertiary alicyclic amines) is 1. The number of ether oxygens (including phenoxy) is 1. The molecule has 1 aliphatic rings. The molecular weight excluding hydrogens is 325 g/mol. The molecule has 130 valence electrons. The summed E-state index contributed by atoms with van der Waals surface area (Å²) in [4.78, 5) is 29.8. The number of para-hydroxylation sites is 1. The van der Waals surface area contributed by atoms with Crippen LogP contribution in [0, 0.1) is 18.7 Å². The first kappa shape index (κ1) is 16.9. The number of hydrogen-bond donors (Lipinski definition) is 1. The number of benzene rings is 1. The lowest BCUT2D eigenvalue weighted by Crippen LogP contribution is -2.55. The topological polar surface area (TPSA) is 71.5 Å². The third-order valence-electron chi connectivity index (χ3n) is 4.04. The highest BCUT2D eigenvalue weighted by molar-refractivity contribution is 5.94. The van der Waals surface area contributed by atoms with Gasteiger partial charge in [0.05, 0.1) is 5.92 Å². The minimum absolute atomic E-state index is 0.0382. The van der Waals surface area contributed by atoms with Crippen molar-refractivity contribution >= 4 is 17.6 Å². The SMILES string of the molecule is Cc1cccnc1NC(=O)C1CN(C(=O)COc2ccccc2F)C1. The van der Waals surface area contributed by atoms with Gasteiger partial charge < -0.3 is 15.0 Å². The van der Waals surface area contributed by atoms with Crippen molar-refractivity contribution in [2.24, 2.45) is 5.92 Å². The lowest BCUT2D eigenvalue weighted by Gasteiger charge is -2.38. The van der Waals surface area contributed by atoms with Crippen molar-refractivity contribution < 1.29 is 18.7 Å². The van der Waals surface area contributed by atoms with E-state index in [9.17, 15) is 14.0 Å². The average Bonchev–Trinajstić information content (AvgIpc) is 2.55. The molecular formula is C18H18FN3O3. The van der Waals surface area contributed by atoms with Gasteiger partial charge >= 0.3 is 0 Å². The molecule has 0 spiro atoms. The molecule has 0 atom stereocenters. The predicted octanol–water partition coefficient (Wildman–Crippen LogP) is 2.01. The lowest BCUT2D eigenvalue weighted by atomic mass is 9.99. The van der Waals surface area contributed by atoms with Crippen LogP contribution in [-0.4, -0.2) is 41.4 Å². The molecule has 3 rings (SSSR count). The molecule has 1 N–H and O–H groups in total. The van der Waals surface area contributed by atoms with E-state index in [0.717, 1.165) is 5.56 Å². The number of aromatic nitrogens is 1. The molecule has 1 saturated heterocycles. The van der Waals surface area contributed by atoms with Crippen LogP contribution in [-0.2, 0) is 9.59 Å². The predicted molar refractivity (Wildman–Crippen MR) is 89.6 cm³/mol. The number of amides is 2. The standard InChI is InChI=1S/C18H18FN3O3/c1-12-5-4-8-20-17(12)21-18(24)13-9-22(10-13)16(23)11-25-15-7-3-2-6-14(15)19/h2-8,13H,9-11H2,1H3,(H,20,21,24). The number of halogens is 1. The molecule has 0 unspecified atom stereocenters. The molecule has 1 fully saturated rings. The van der Waals surface area contributed by atoms with Gasteiger partial charge in [-0.05, 0) is 30.7 Å². The minimum Gasteiger partial charge on any atom is -0.481 e. The Balaban J connectivity index is 1.45. The number of hydrogen-bond acceptors (Lipinski definition) is 4.